The van der Waals surface area contributed by atoms with Crippen LogP contribution in [0, 0.1) is 0 Å². The van der Waals surface area contributed by atoms with E-state index in [2.05, 4.69) is 4.52 Å². The first-order valence-electron chi connectivity index (χ1n) is 1.40. The third-order valence-corrected chi connectivity index (χ3v) is 0.591. The molecule has 0 aromatic carbocycles. The van der Waals surface area contributed by atoms with Gasteiger partial charge in [-0.3, -0.25) is 9.79 Å². The fourth-order valence-electron chi connectivity index (χ4n) is 0.102. The van der Waals surface area contributed by atoms with Crippen molar-refractivity contribution in [3.8, 4) is 0 Å². The summed E-state index contributed by atoms with van der Waals surface area (Å²) in [6.45, 7) is 0. The van der Waals surface area contributed by atoms with Gasteiger partial charge in [0.05, 0.1) is 0 Å². The summed E-state index contributed by atoms with van der Waals surface area (Å²) in [5.41, 5.74) is 0. The normalized spacial score (nSPS) is 7.82. The Bertz CT molecular complexity index is 152. The number of hydrogen-bond donors (Lipinski definition) is 3. The molecule has 0 aromatic rings. The van der Waals surface area contributed by atoms with E-state index in [0.717, 1.165) is 0 Å². The summed E-state index contributed by atoms with van der Waals surface area (Å²) in [6, 6.07) is 0. The molecule has 0 atom stereocenters. The van der Waals surface area contributed by atoms with Crippen LogP contribution in [0.25, 0.3) is 0 Å². The van der Waals surface area contributed by atoms with Crippen LogP contribution in [0.15, 0.2) is 0 Å². The Morgan fingerprint density at radius 3 is 1.64 bits per heavy atom. The maximum atomic E-state index is 9.53. The molecule has 10 heteroatoms. The van der Waals surface area contributed by atoms with Crippen molar-refractivity contribution in [2.75, 3.05) is 0 Å². The van der Waals surface area contributed by atoms with Crippen LogP contribution in [0.5, 0.6) is 0 Å². The van der Waals surface area contributed by atoms with Crippen LogP contribution in [0.1, 0.15) is 2.85 Å². The van der Waals surface area contributed by atoms with Crippen LogP contribution in [-0.4, -0.2) is 21.0 Å². The van der Waals surface area contributed by atoms with Crippen molar-refractivity contribution < 1.29 is 108 Å². The summed E-state index contributed by atoms with van der Waals surface area (Å²) >= 11 is 0. The second-order valence-corrected chi connectivity index (χ2v) is 2.01. The summed E-state index contributed by atoms with van der Waals surface area (Å²) < 4.78 is 12.6. The van der Waals surface area contributed by atoms with E-state index in [-0.39, 0.29) is 78.7 Å². The molecule has 0 aliphatic carbocycles. The summed E-state index contributed by atoms with van der Waals surface area (Å²) in [6.07, 6.45) is -1.99. The van der Waals surface area contributed by atoms with E-state index in [1.54, 1.807) is 0 Å². The Morgan fingerprint density at radius 1 is 1.36 bits per heavy atom. The van der Waals surface area contributed by atoms with E-state index in [9.17, 15) is 9.36 Å². The minimum atomic E-state index is -4.82. The average Bonchev–Trinajstić information content (AvgIpc) is 1.21. The molecule has 0 fully saturated rings. The molecule has 61 valence electrons. The van der Waals surface area contributed by atoms with Gasteiger partial charge < -0.3 is 12.5 Å². The van der Waals surface area contributed by atoms with E-state index in [4.69, 9.17) is 14.9 Å². The molecule has 0 aliphatic rings. The van der Waals surface area contributed by atoms with Gasteiger partial charge in [0.1, 0.15) is 0 Å². The van der Waals surface area contributed by atoms with Gasteiger partial charge >= 0.3 is 73.1 Å². The Balaban J connectivity index is -0.0000000245. The molecule has 6 nitrogen and oxygen atoms in total. The molecule has 0 rings (SSSR count). The van der Waals surface area contributed by atoms with Gasteiger partial charge in [0, 0.05) is 16.8 Å². The summed E-state index contributed by atoms with van der Waals surface area (Å²) in [4.78, 5) is 24.7. The maximum Gasteiger partial charge on any atom is 1.00 e. The zero-order valence-electron chi connectivity index (χ0n) is 7.85. The van der Waals surface area contributed by atoms with Crippen LogP contribution < -0.4 is 59.1 Å². The zero-order chi connectivity index (χ0) is 6.78. The Kier molecular flexibility index (Phi) is 21.0. The van der Waals surface area contributed by atoms with Crippen molar-refractivity contribution in [1.82, 2.24) is 0 Å². The van der Waals surface area contributed by atoms with Gasteiger partial charge in [-0.1, -0.05) is 0 Å². The van der Waals surface area contributed by atoms with Gasteiger partial charge in [0.25, 0.3) is 0 Å². The van der Waals surface area contributed by atoms with E-state index < -0.39 is 14.0 Å². The van der Waals surface area contributed by atoms with E-state index in [1.807, 2.05) is 0 Å². The van der Waals surface area contributed by atoms with Crippen LogP contribution in [-0.2, 0) is 25.9 Å². The third-order valence-electron chi connectivity index (χ3n) is 0.197. The zero-order valence-corrected chi connectivity index (χ0v) is 11.8. The van der Waals surface area contributed by atoms with Crippen molar-refractivity contribution in [3.63, 3.8) is 0 Å². The molecular weight excluding hydrogens is 244 g/mol. The van der Waals surface area contributed by atoms with E-state index in [0.29, 0.717) is 0 Å². The third kappa shape index (κ3) is 24.5. The second-order valence-electron chi connectivity index (χ2n) is 0.848. The van der Waals surface area contributed by atoms with Crippen LogP contribution in [0.3, 0.4) is 0 Å². The smallest absolute Gasteiger partial charge is 1.00 e. The Morgan fingerprint density at radius 2 is 1.64 bits per heavy atom. The van der Waals surface area contributed by atoms with Gasteiger partial charge in [-0.25, -0.2) is 9.36 Å². The van der Waals surface area contributed by atoms with Crippen molar-refractivity contribution >= 4 is 14.0 Å². The molecule has 1 radical (unpaired) electrons. The largest absolute Gasteiger partial charge is 1.00 e. The number of phosphoric acid groups is 1. The Hall–Kier alpha value is 1.93. The molecule has 3 N–H and O–H groups in total. The topological polar surface area (TPSA) is 104 Å². The van der Waals surface area contributed by atoms with Crippen LogP contribution in [0.2, 0.25) is 0 Å². The molecule has 0 amide bonds. The minimum absolute atomic E-state index is 0. The van der Waals surface area contributed by atoms with E-state index >= 15 is 0 Å². The van der Waals surface area contributed by atoms with Crippen LogP contribution >= 0.6 is 7.82 Å². The quantitative estimate of drug-likeness (QED) is 0.315. The monoisotopic (exact) mass is 249 g/mol. The fourth-order valence-corrected chi connectivity index (χ4v) is 0.305. The van der Waals surface area contributed by atoms with Gasteiger partial charge in [0.15, 0.2) is 0 Å². The summed E-state index contributed by atoms with van der Waals surface area (Å²) in [5, 5.41) is 7.53. The number of hydrogen-bond acceptors (Lipinski definition) is 3. The molecule has 0 spiro atoms. The summed E-state index contributed by atoms with van der Waals surface area (Å²) in [7, 11) is -4.82. The summed E-state index contributed by atoms with van der Waals surface area (Å²) in [5.74, 6) is 0. The average molecular weight is 249 g/mol. The number of phosphoric ester groups is 1. The van der Waals surface area contributed by atoms with Gasteiger partial charge in [-0.15, -0.1) is 0 Å². The van der Waals surface area contributed by atoms with Gasteiger partial charge in [-0.05, 0) is 0 Å². The predicted octanol–water partition coefficient (Wildman–Crippen LogP) is -6.00. The fraction of sp³-hybridized carbons (Fsp3) is 0. The molecule has 0 heterocycles. The molecule has 0 bridgehead atoms. The minimum Gasteiger partial charge on any atom is -1.00 e. The van der Waals surface area contributed by atoms with Crippen molar-refractivity contribution in [3.05, 3.63) is 0 Å². The standard InChI is InChI=1S/CH3O6P.Co.2Na.2H/c2-1(3)7-8(4,5)6;;;;;/h(H,2,3)(H2,4,5,6);;;;;/q;;2*+1;2*-1. The number of carboxylic acid groups (broad SMARTS) is 1. The molecule has 0 saturated carbocycles. The maximum absolute atomic E-state index is 9.53. The molecule has 0 aliphatic heterocycles. The first-order chi connectivity index (χ1) is 3.42. The molecule has 0 unspecified atom stereocenters. The predicted molar refractivity (Wildman–Crippen MR) is 23.4 cm³/mol. The second kappa shape index (κ2) is 10.0. The SMILES string of the molecule is O=C(O)OP(=O)(O)O.[Co].[H-].[H-].[Na+].[Na+]. The van der Waals surface area contributed by atoms with Crippen molar-refractivity contribution in [2.45, 2.75) is 0 Å². The number of rotatable bonds is 1. The van der Waals surface area contributed by atoms with Crippen molar-refractivity contribution in [1.29, 1.82) is 0 Å². The molecule has 0 saturated heterocycles. The molecule has 11 heavy (non-hydrogen) atoms. The first kappa shape index (κ1) is 23.1. The molecule has 0 aromatic heterocycles. The first-order valence-corrected chi connectivity index (χ1v) is 2.93. The number of carbonyl (C=O) groups is 1. The van der Waals surface area contributed by atoms with Gasteiger partial charge in [-0.2, -0.15) is 0 Å². The van der Waals surface area contributed by atoms with Gasteiger partial charge in [0.2, 0.25) is 0 Å². The molecular formula is CH5CoNa2O6P. The van der Waals surface area contributed by atoms with E-state index in [1.165, 1.54) is 0 Å². The van der Waals surface area contributed by atoms with Crippen LogP contribution in [0.4, 0.5) is 4.79 Å². The van der Waals surface area contributed by atoms with Crippen molar-refractivity contribution in [2.24, 2.45) is 0 Å². The Labute approximate surface area is 120 Å².